The molecule has 0 saturated heterocycles. The number of benzene rings is 1. The van der Waals surface area contributed by atoms with E-state index >= 15 is 0 Å². The Balaban J connectivity index is 3.11. The van der Waals surface area contributed by atoms with Crippen molar-refractivity contribution >= 4 is 5.97 Å². The zero-order chi connectivity index (χ0) is 12.3. The summed E-state index contributed by atoms with van der Waals surface area (Å²) in [7, 11) is 0. The lowest BCUT2D eigenvalue weighted by Gasteiger charge is -2.23. The van der Waals surface area contributed by atoms with Gasteiger partial charge in [0.25, 0.3) is 0 Å². The lowest BCUT2D eigenvalue weighted by molar-refractivity contribution is -0.153. The highest BCUT2D eigenvalue weighted by molar-refractivity contribution is 5.79. The van der Waals surface area contributed by atoms with E-state index in [4.69, 9.17) is 5.11 Å². The highest BCUT2D eigenvalue weighted by Gasteiger charge is 2.41. The first kappa shape index (κ1) is 12.7. The van der Waals surface area contributed by atoms with Gasteiger partial charge in [0.2, 0.25) is 5.67 Å². The molecule has 0 amide bonds. The Bertz CT molecular complexity index is 370. The van der Waals surface area contributed by atoms with E-state index in [2.05, 4.69) is 0 Å². The summed E-state index contributed by atoms with van der Waals surface area (Å²) < 4.78 is 14.4. The number of hydrogen-bond donors (Lipinski definition) is 1. The van der Waals surface area contributed by atoms with Crippen LogP contribution in [0.1, 0.15) is 31.4 Å². The average molecular weight is 224 g/mol. The van der Waals surface area contributed by atoms with E-state index in [1.54, 1.807) is 24.3 Å². The maximum atomic E-state index is 14.4. The molecule has 1 aromatic rings. The summed E-state index contributed by atoms with van der Waals surface area (Å²) in [5.41, 5.74) is -1.07. The van der Waals surface area contributed by atoms with Crippen LogP contribution in [0.3, 0.4) is 0 Å². The Labute approximate surface area is 95.1 Å². The fraction of sp³-hybridized carbons (Fsp3) is 0.462. The molecule has 1 rings (SSSR count). The number of rotatable bonds is 4. The first-order valence-electron chi connectivity index (χ1n) is 5.35. The zero-order valence-electron chi connectivity index (χ0n) is 9.83. The quantitative estimate of drug-likeness (QED) is 0.852. The number of halogens is 1. The molecule has 0 spiro atoms. The van der Waals surface area contributed by atoms with Crippen LogP contribution in [-0.4, -0.2) is 11.1 Å². The van der Waals surface area contributed by atoms with Crippen LogP contribution in [0.4, 0.5) is 4.39 Å². The molecule has 0 aliphatic carbocycles. The van der Waals surface area contributed by atoms with Crippen molar-refractivity contribution in [1.82, 2.24) is 0 Å². The van der Waals surface area contributed by atoms with Crippen LogP contribution in [0, 0.1) is 12.8 Å². The Morgan fingerprint density at radius 1 is 1.38 bits per heavy atom. The zero-order valence-corrected chi connectivity index (χ0v) is 9.83. The van der Waals surface area contributed by atoms with Crippen LogP contribution < -0.4 is 0 Å². The first-order valence-corrected chi connectivity index (χ1v) is 5.35. The topological polar surface area (TPSA) is 37.3 Å². The molecule has 2 nitrogen and oxygen atoms in total. The van der Waals surface area contributed by atoms with Crippen molar-refractivity contribution < 1.29 is 14.3 Å². The van der Waals surface area contributed by atoms with Crippen LogP contribution in [0.15, 0.2) is 24.3 Å². The first-order chi connectivity index (χ1) is 7.36. The van der Waals surface area contributed by atoms with Crippen LogP contribution in [0.25, 0.3) is 0 Å². The summed E-state index contributed by atoms with van der Waals surface area (Å²) in [5.74, 6) is -1.42. The molecule has 16 heavy (non-hydrogen) atoms. The minimum atomic E-state index is -2.28. The minimum Gasteiger partial charge on any atom is -0.479 e. The largest absolute Gasteiger partial charge is 0.479 e. The second-order valence-electron chi connectivity index (χ2n) is 4.57. The predicted molar refractivity (Wildman–Crippen MR) is 61.1 cm³/mol. The number of alkyl halides is 1. The molecule has 0 fully saturated rings. The van der Waals surface area contributed by atoms with Gasteiger partial charge in [0, 0.05) is 5.56 Å². The van der Waals surface area contributed by atoms with Gasteiger partial charge in [0.15, 0.2) is 0 Å². The van der Waals surface area contributed by atoms with Gasteiger partial charge >= 0.3 is 5.97 Å². The summed E-state index contributed by atoms with van der Waals surface area (Å²) in [4.78, 5) is 11.1. The summed E-state index contributed by atoms with van der Waals surface area (Å²) in [6.07, 6.45) is -0.00854. The van der Waals surface area contributed by atoms with Crippen molar-refractivity contribution in [3.05, 3.63) is 35.4 Å². The number of carboxylic acids is 1. The molecule has 0 bridgehead atoms. The maximum Gasteiger partial charge on any atom is 0.346 e. The number of aliphatic carboxylic acids is 1. The normalized spacial score (nSPS) is 14.8. The van der Waals surface area contributed by atoms with Gasteiger partial charge in [-0.3, -0.25) is 0 Å². The van der Waals surface area contributed by atoms with Gasteiger partial charge in [-0.15, -0.1) is 0 Å². The molecule has 3 heteroatoms. The molecule has 0 aliphatic rings. The predicted octanol–water partition coefficient (Wildman–Crippen LogP) is 3.29. The standard InChI is InChI=1S/C13H17FO2/c1-9(2)8-13(14,12(15)16)11-6-4-10(3)5-7-11/h4-7,9H,8H2,1-3H3,(H,15,16). The van der Waals surface area contributed by atoms with Gasteiger partial charge in [0.1, 0.15) is 0 Å². The molecule has 0 heterocycles. The highest BCUT2D eigenvalue weighted by atomic mass is 19.1. The second kappa shape index (κ2) is 4.64. The number of aryl methyl sites for hydroxylation is 1. The van der Waals surface area contributed by atoms with Gasteiger partial charge in [-0.05, 0) is 19.3 Å². The smallest absolute Gasteiger partial charge is 0.346 e. The molecular formula is C13H17FO2. The Hall–Kier alpha value is -1.38. The third-order valence-corrected chi connectivity index (χ3v) is 2.54. The van der Waals surface area contributed by atoms with Gasteiger partial charge in [-0.1, -0.05) is 43.7 Å². The van der Waals surface area contributed by atoms with E-state index in [-0.39, 0.29) is 17.9 Å². The van der Waals surface area contributed by atoms with Crippen LogP contribution in [0.5, 0.6) is 0 Å². The molecule has 0 aromatic heterocycles. The highest BCUT2D eigenvalue weighted by Crippen LogP contribution is 2.33. The van der Waals surface area contributed by atoms with E-state index in [0.29, 0.717) is 0 Å². The monoisotopic (exact) mass is 224 g/mol. The summed E-state index contributed by atoms with van der Waals surface area (Å²) in [6.45, 7) is 5.50. The average Bonchev–Trinajstić information content (AvgIpc) is 2.17. The van der Waals surface area contributed by atoms with Crippen LogP contribution in [0.2, 0.25) is 0 Å². The van der Waals surface area contributed by atoms with Crippen molar-refractivity contribution in [2.75, 3.05) is 0 Å². The fourth-order valence-electron chi connectivity index (χ4n) is 1.71. The van der Waals surface area contributed by atoms with Gasteiger partial charge in [-0.2, -0.15) is 0 Å². The van der Waals surface area contributed by atoms with E-state index in [1.165, 1.54) is 0 Å². The number of carboxylic acid groups (broad SMARTS) is 1. The lowest BCUT2D eigenvalue weighted by atomic mass is 9.87. The lowest BCUT2D eigenvalue weighted by Crippen LogP contribution is -2.32. The van der Waals surface area contributed by atoms with Crippen molar-refractivity contribution in [3.63, 3.8) is 0 Å². The Kier molecular flexibility index (Phi) is 3.68. The molecule has 1 unspecified atom stereocenters. The third-order valence-electron chi connectivity index (χ3n) is 2.54. The molecule has 1 aromatic carbocycles. The third kappa shape index (κ3) is 2.60. The summed E-state index contributed by atoms with van der Waals surface area (Å²) in [5, 5.41) is 9.03. The van der Waals surface area contributed by atoms with E-state index in [1.807, 2.05) is 20.8 Å². The SMILES string of the molecule is Cc1ccc(C(F)(CC(C)C)C(=O)O)cc1. The van der Waals surface area contributed by atoms with Crippen molar-refractivity contribution in [3.8, 4) is 0 Å². The molecule has 1 atom stereocenters. The van der Waals surface area contributed by atoms with E-state index in [0.717, 1.165) is 5.56 Å². The maximum absolute atomic E-state index is 14.4. The van der Waals surface area contributed by atoms with E-state index in [9.17, 15) is 9.18 Å². The number of hydrogen-bond acceptors (Lipinski definition) is 1. The Morgan fingerprint density at radius 3 is 2.25 bits per heavy atom. The molecular weight excluding hydrogens is 207 g/mol. The van der Waals surface area contributed by atoms with Crippen molar-refractivity contribution in [1.29, 1.82) is 0 Å². The summed E-state index contributed by atoms with van der Waals surface area (Å²) in [6, 6.07) is 6.55. The Morgan fingerprint density at radius 2 is 1.88 bits per heavy atom. The minimum absolute atomic E-state index is 0.00854. The molecule has 1 N–H and O–H groups in total. The summed E-state index contributed by atoms with van der Waals surface area (Å²) >= 11 is 0. The van der Waals surface area contributed by atoms with Gasteiger partial charge < -0.3 is 5.11 Å². The van der Waals surface area contributed by atoms with E-state index < -0.39 is 11.6 Å². The fourth-order valence-corrected chi connectivity index (χ4v) is 1.71. The van der Waals surface area contributed by atoms with Crippen molar-refractivity contribution in [2.45, 2.75) is 32.9 Å². The molecule has 0 radical (unpaired) electrons. The van der Waals surface area contributed by atoms with Crippen LogP contribution in [-0.2, 0) is 10.5 Å². The number of carbonyl (C=O) groups is 1. The molecule has 88 valence electrons. The second-order valence-corrected chi connectivity index (χ2v) is 4.57. The van der Waals surface area contributed by atoms with Crippen molar-refractivity contribution in [2.24, 2.45) is 5.92 Å². The van der Waals surface area contributed by atoms with Gasteiger partial charge in [0.05, 0.1) is 0 Å². The molecule has 0 saturated carbocycles. The molecule has 0 aliphatic heterocycles. The van der Waals surface area contributed by atoms with Gasteiger partial charge in [-0.25, -0.2) is 9.18 Å². The van der Waals surface area contributed by atoms with Crippen LogP contribution >= 0.6 is 0 Å².